The van der Waals surface area contributed by atoms with Crippen molar-refractivity contribution in [2.24, 2.45) is 5.92 Å². The molecule has 1 saturated heterocycles. The highest BCUT2D eigenvalue weighted by molar-refractivity contribution is 6.00. The standard InChI is InChI=1S/C31H39F2N5O6/c1-17(37(5)30(42)44-31(2,3)4)27(39)35-24(18-11-13-43-14-12-18)29(41)38-16-19-9-10-20(34)15-21(19)26(38)28(40)36-25-22(32)7-6-8-23(25)33/h6-10,15,17-18,24,26H,11-14,16,34H2,1-5H3,(H,35,39)(H,36,40)/t17?,24?,26-/m0/s1. The minimum Gasteiger partial charge on any atom is -0.444 e. The summed E-state index contributed by atoms with van der Waals surface area (Å²) in [6.07, 6.45) is 0.203. The van der Waals surface area contributed by atoms with Crippen molar-refractivity contribution in [3.05, 3.63) is 59.2 Å². The minimum atomic E-state index is -1.29. The zero-order valence-corrected chi connectivity index (χ0v) is 25.5. The SMILES string of the molecule is CC(C(=O)NC(C(=O)N1Cc2ccc(N)cc2[C@H]1C(=O)Nc1c(F)cccc1F)C1CCOCC1)N(C)C(=O)OC(C)(C)C. The van der Waals surface area contributed by atoms with Gasteiger partial charge in [-0.05, 0) is 81.8 Å². The van der Waals surface area contributed by atoms with Crippen molar-refractivity contribution in [1.29, 1.82) is 0 Å². The van der Waals surface area contributed by atoms with E-state index in [4.69, 9.17) is 15.2 Å². The number of nitrogen functional groups attached to an aromatic ring is 1. The predicted octanol–water partition coefficient (Wildman–Crippen LogP) is 3.74. The molecule has 0 aromatic heterocycles. The number of halogens is 2. The molecule has 0 bridgehead atoms. The van der Waals surface area contributed by atoms with Crippen LogP contribution in [0.2, 0.25) is 0 Å². The van der Waals surface area contributed by atoms with Crippen LogP contribution in [0.1, 0.15) is 57.7 Å². The fraction of sp³-hybridized carbons (Fsp3) is 0.484. The van der Waals surface area contributed by atoms with Crippen LogP contribution in [-0.4, -0.2) is 71.6 Å². The van der Waals surface area contributed by atoms with Crippen LogP contribution in [-0.2, 0) is 30.4 Å². The van der Waals surface area contributed by atoms with Crippen molar-refractivity contribution in [3.8, 4) is 0 Å². The van der Waals surface area contributed by atoms with Crippen LogP contribution in [0.25, 0.3) is 0 Å². The Morgan fingerprint density at radius 1 is 1.09 bits per heavy atom. The van der Waals surface area contributed by atoms with Gasteiger partial charge in [-0.3, -0.25) is 19.3 Å². The second-order valence-corrected chi connectivity index (χ2v) is 12.1. The van der Waals surface area contributed by atoms with E-state index in [9.17, 15) is 28.0 Å². The van der Waals surface area contributed by atoms with Gasteiger partial charge in [0.2, 0.25) is 11.8 Å². The third-order valence-electron chi connectivity index (χ3n) is 7.80. The van der Waals surface area contributed by atoms with E-state index in [-0.39, 0.29) is 12.5 Å². The Hall–Kier alpha value is -4.26. The number of nitrogens with two attached hydrogens (primary N) is 1. The molecule has 2 aliphatic heterocycles. The second-order valence-electron chi connectivity index (χ2n) is 12.1. The van der Waals surface area contributed by atoms with Crippen molar-refractivity contribution in [2.75, 3.05) is 31.3 Å². The zero-order chi connectivity index (χ0) is 32.3. The third-order valence-corrected chi connectivity index (χ3v) is 7.80. The van der Waals surface area contributed by atoms with Crippen molar-refractivity contribution < 1.29 is 37.4 Å². The Bertz CT molecular complexity index is 1400. The van der Waals surface area contributed by atoms with E-state index in [2.05, 4.69) is 10.6 Å². The highest BCUT2D eigenvalue weighted by Crippen LogP contribution is 2.38. The first-order valence-electron chi connectivity index (χ1n) is 14.5. The Morgan fingerprint density at radius 2 is 1.73 bits per heavy atom. The number of likely N-dealkylation sites (N-methyl/N-ethyl adjacent to an activating group) is 1. The molecule has 2 unspecified atom stereocenters. The molecule has 11 nitrogen and oxygen atoms in total. The number of rotatable bonds is 7. The lowest BCUT2D eigenvalue weighted by atomic mass is 9.90. The van der Waals surface area contributed by atoms with E-state index in [0.29, 0.717) is 42.9 Å². The Labute approximate surface area is 255 Å². The molecule has 4 rings (SSSR count). The monoisotopic (exact) mass is 615 g/mol. The summed E-state index contributed by atoms with van der Waals surface area (Å²) in [4.78, 5) is 56.6. The molecule has 4 amide bonds. The fourth-order valence-corrected chi connectivity index (χ4v) is 5.30. The van der Waals surface area contributed by atoms with Gasteiger partial charge < -0.3 is 30.7 Å². The van der Waals surface area contributed by atoms with E-state index >= 15 is 0 Å². The third kappa shape index (κ3) is 7.26. The summed E-state index contributed by atoms with van der Waals surface area (Å²) in [7, 11) is 1.42. The van der Waals surface area contributed by atoms with Gasteiger partial charge >= 0.3 is 6.09 Å². The summed E-state index contributed by atoms with van der Waals surface area (Å²) < 4.78 is 39.8. The van der Waals surface area contributed by atoms with E-state index in [1.807, 2.05) is 0 Å². The maximum absolute atomic E-state index is 14.5. The van der Waals surface area contributed by atoms with Gasteiger partial charge in [-0.25, -0.2) is 13.6 Å². The van der Waals surface area contributed by atoms with Crippen LogP contribution in [0, 0.1) is 17.6 Å². The van der Waals surface area contributed by atoms with Gasteiger partial charge in [0, 0.05) is 32.5 Å². The van der Waals surface area contributed by atoms with Gasteiger partial charge in [0.15, 0.2) is 0 Å². The molecule has 2 aliphatic rings. The zero-order valence-electron chi connectivity index (χ0n) is 25.5. The summed E-state index contributed by atoms with van der Waals surface area (Å²) >= 11 is 0. The Morgan fingerprint density at radius 3 is 2.34 bits per heavy atom. The predicted molar refractivity (Wildman–Crippen MR) is 158 cm³/mol. The molecular weight excluding hydrogens is 576 g/mol. The molecule has 2 aromatic carbocycles. The average molecular weight is 616 g/mol. The minimum absolute atomic E-state index is 0.00472. The van der Waals surface area contributed by atoms with Crippen molar-refractivity contribution in [1.82, 2.24) is 15.1 Å². The number of fused-ring (bicyclic) bond motifs is 1. The first kappa shape index (κ1) is 32.6. The number of hydrogen-bond donors (Lipinski definition) is 3. The van der Waals surface area contributed by atoms with Crippen LogP contribution < -0.4 is 16.4 Å². The smallest absolute Gasteiger partial charge is 0.410 e. The molecule has 13 heteroatoms. The summed E-state index contributed by atoms with van der Waals surface area (Å²) in [6, 6.07) is 4.66. The number of benzene rings is 2. The van der Waals surface area contributed by atoms with Gasteiger partial charge in [0.25, 0.3) is 5.91 Å². The lowest BCUT2D eigenvalue weighted by molar-refractivity contribution is -0.144. The molecule has 238 valence electrons. The number of amides is 4. The molecule has 0 aliphatic carbocycles. The molecule has 0 radical (unpaired) electrons. The molecular formula is C31H39F2N5O6. The average Bonchev–Trinajstić information content (AvgIpc) is 3.34. The summed E-state index contributed by atoms with van der Waals surface area (Å²) in [5, 5.41) is 5.12. The van der Waals surface area contributed by atoms with Gasteiger partial charge in [-0.2, -0.15) is 0 Å². The van der Waals surface area contributed by atoms with Crippen LogP contribution in [0.4, 0.5) is 25.0 Å². The second kappa shape index (κ2) is 13.2. The Balaban J connectivity index is 1.64. The molecule has 44 heavy (non-hydrogen) atoms. The topological polar surface area (TPSA) is 143 Å². The quantitative estimate of drug-likeness (QED) is 0.403. The fourth-order valence-electron chi connectivity index (χ4n) is 5.30. The van der Waals surface area contributed by atoms with Crippen LogP contribution in [0.15, 0.2) is 36.4 Å². The number of nitrogens with one attached hydrogen (secondary N) is 2. The number of carbonyl (C=O) groups excluding carboxylic acids is 4. The van der Waals surface area contributed by atoms with Gasteiger partial charge in [0.05, 0.1) is 0 Å². The maximum atomic E-state index is 14.5. The number of anilines is 2. The number of ether oxygens (including phenoxy) is 2. The number of hydrogen-bond acceptors (Lipinski definition) is 7. The van der Waals surface area contributed by atoms with E-state index < -0.39 is 64.9 Å². The van der Waals surface area contributed by atoms with Crippen molar-refractivity contribution >= 4 is 35.2 Å². The number of para-hydroxylation sites is 1. The lowest BCUT2D eigenvalue weighted by Gasteiger charge is -2.36. The van der Waals surface area contributed by atoms with Gasteiger partial charge in [-0.1, -0.05) is 12.1 Å². The number of nitrogens with zero attached hydrogens (tertiary/aromatic N) is 2. The summed E-state index contributed by atoms with van der Waals surface area (Å²) in [5.74, 6) is -4.31. The number of carbonyl (C=O) groups is 4. The first-order valence-corrected chi connectivity index (χ1v) is 14.5. The maximum Gasteiger partial charge on any atom is 0.410 e. The van der Waals surface area contributed by atoms with Crippen LogP contribution in [0.3, 0.4) is 0 Å². The van der Waals surface area contributed by atoms with E-state index in [0.717, 1.165) is 17.0 Å². The highest BCUT2D eigenvalue weighted by atomic mass is 19.1. The molecule has 3 atom stereocenters. The molecule has 2 aromatic rings. The Kier molecular flexibility index (Phi) is 9.77. The van der Waals surface area contributed by atoms with Crippen LogP contribution in [0.5, 0.6) is 0 Å². The normalized spacial score (nSPS) is 18.2. The summed E-state index contributed by atoms with van der Waals surface area (Å²) in [6.45, 7) is 7.36. The first-order chi connectivity index (χ1) is 20.7. The van der Waals surface area contributed by atoms with E-state index in [1.165, 1.54) is 24.9 Å². The molecule has 4 N–H and O–H groups in total. The molecule has 1 fully saturated rings. The van der Waals surface area contributed by atoms with Gasteiger partial charge in [-0.15, -0.1) is 0 Å². The highest BCUT2D eigenvalue weighted by Gasteiger charge is 2.44. The molecule has 0 saturated carbocycles. The molecule has 0 spiro atoms. The van der Waals surface area contributed by atoms with Crippen molar-refractivity contribution in [2.45, 2.75) is 70.8 Å². The summed E-state index contributed by atoms with van der Waals surface area (Å²) in [5.41, 5.74) is 5.95. The van der Waals surface area contributed by atoms with E-state index in [1.54, 1.807) is 39.0 Å². The van der Waals surface area contributed by atoms with Gasteiger partial charge in [0.1, 0.15) is 41.0 Å². The van der Waals surface area contributed by atoms with Crippen molar-refractivity contribution in [3.63, 3.8) is 0 Å². The molecule has 2 heterocycles. The largest absolute Gasteiger partial charge is 0.444 e. The van der Waals surface area contributed by atoms with Crippen LogP contribution >= 0.6 is 0 Å². The lowest BCUT2D eigenvalue weighted by Crippen LogP contribution is -2.57.